The van der Waals surface area contributed by atoms with Crippen LogP contribution in [0.5, 0.6) is 0 Å². The first kappa shape index (κ1) is 18.0. The Hall–Kier alpha value is -3.42. The topological polar surface area (TPSA) is 98.7 Å². The molecule has 1 aromatic heterocycles. The number of oxazole rings is 1. The summed E-state index contributed by atoms with van der Waals surface area (Å²) in [5.74, 6) is -0.386. The van der Waals surface area contributed by atoms with E-state index in [0.717, 1.165) is 25.9 Å². The highest BCUT2D eigenvalue weighted by Crippen LogP contribution is 2.32. The summed E-state index contributed by atoms with van der Waals surface area (Å²) in [6.07, 6.45) is 1.28. The van der Waals surface area contributed by atoms with Crippen LogP contribution in [0.3, 0.4) is 0 Å². The van der Waals surface area contributed by atoms with E-state index < -0.39 is 17.0 Å². The van der Waals surface area contributed by atoms with Crippen molar-refractivity contribution < 1.29 is 18.9 Å². The third-order valence-electron chi connectivity index (χ3n) is 4.80. The van der Waals surface area contributed by atoms with E-state index in [1.54, 1.807) is 31.2 Å². The number of nitro groups is 1. The van der Waals surface area contributed by atoms with Crippen LogP contribution in [0.1, 0.15) is 42.1 Å². The van der Waals surface area contributed by atoms with Crippen LogP contribution in [-0.4, -0.2) is 29.0 Å². The predicted molar refractivity (Wildman–Crippen MR) is 102 cm³/mol. The van der Waals surface area contributed by atoms with Crippen LogP contribution in [-0.2, 0) is 4.74 Å². The van der Waals surface area contributed by atoms with E-state index in [1.807, 2.05) is 17.0 Å². The van der Waals surface area contributed by atoms with E-state index in [1.165, 1.54) is 6.07 Å². The van der Waals surface area contributed by atoms with E-state index in [2.05, 4.69) is 4.98 Å². The molecule has 0 unspecified atom stereocenters. The van der Waals surface area contributed by atoms with Gasteiger partial charge < -0.3 is 14.1 Å². The second kappa shape index (κ2) is 7.30. The number of nitro benzene ring substituents is 1. The molecule has 2 heterocycles. The van der Waals surface area contributed by atoms with Gasteiger partial charge in [0.25, 0.3) is 5.69 Å². The zero-order chi connectivity index (χ0) is 19.7. The van der Waals surface area contributed by atoms with Gasteiger partial charge in [0.05, 0.1) is 10.5 Å². The molecular weight excluding hydrogens is 362 g/mol. The fourth-order valence-electron chi connectivity index (χ4n) is 3.37. The number of carbonyl (C=O) groups is 1. The van der Waals surface area contributed by atoms with Gasteiger partial charge in [-0.25, -0.2) is 9.78 Å². The molecule has 1 aliphatic heterocycles. The lowest BCUT2D eigenvalue weighted by Crippen LogP contribution is -2.19. The van der Waals surface area contributed by atoms with Crippen LogP contribution in [0, 0.1) is 10.1 Å². The van der Waals surface area contributed by atoms with Gasteiger partial charge in [-0.15, -0.1) is 0 Å². The minimum Gasteiger partial charge on any atom is -0.449 e. The molecule has 8 heteroatoms. The largest absolute Gasteiger partial charge is 0.449 e. The number of benzene rings is 2. The van der Waals surface area contributed by atoms with Gasteiger partial charge in [-0.3, -0.25) is 10.1 Å². The Morgan fingerprint density at radius 1 is 1.25 bits per heavy atom. The van der Waals surface area contributed by atoms with E-state index in [-0.39, 0.29) is 17.1 Å². The maximum absolute atomic E-state index is 12.5. The second-order valence-electron chi connectivity index (χ2n) is 6.72. The fourth-order valence-corrected chi connectivity index (χ4v) is 3.37. The first-order chi connectivity index (χ1) is 13.5. The number of hydrogen-bond acceptors (Lipinski definition) is 7. The molecule has 0 saturated carbocycles. The lowest BCUT2D eigenvalue weighted by Gasteiger charge is -2.18. The Kier molecular flexibility index (Phi) is 4.68. The molecular formula is C20H19N3O5. The van der Waals surface area contributed by atoms with Crippen molar-refractivity contribution in [3.05, 3.63) is 64.0 Å². The van der Waals surface area contributed by atoms with Gasteiger partial charge in [0.2, 0.25) is 5.89 Å². The molecule has 28 heavy (non-hydrogen) atoms. The molecule has 144 valence electrons. The van der Waals surface area contributed by atoms with Crippen molar-refractivity contribution in [2.24, 2.45) is 0 Å². The van der Waals surface area contributed by atoms with Gasteiger partial charge in [-0.05, 0) is 44.0 Å². The predicted octanol–water partition coefficient (Wildman–Crippen LogP) is 4.25. The second-order valence-corrected chi connectivity index (χ2v) is 6.72. The number of aromatic nitrogens is 1. The number of ether oxygens (including phenoxy) is 1. The first-order valence-corrected chi connectivity index (χ1v) is 9.13. The molecule has 0 N–H and O–H groups in total. The summed E-state index contributed by atoms with van der Waals surface area (Å²) in [7, 11) is 0. The van der Waals surface area contributed by atoms with Crippen LogP contribution in [0.4, 0.5) is 11.4 Å². The van der Waals surface area contributed by atoms with Crippen LogP contribution >= 0.6 is 0 Å². The van der Waals surface area contributed by atoms with Crippen LogP contribution in [0.15, 0.2) is 46.9 Å². The van der Waals surface area contributed by atoms with Crippen molar-refractivity contribution in [3.8, 4) is 0 Å². The van der Waals surface area contributed by atoms with Gasteiger partial charge in [-0.1, -0.05) is 12.1 Å². The van der Waals surface area contributed by atoms with Crippen molar-refractivity contribution in [2.75, 3.05) is 18.0 Å². The number of esters is 1. The maximum atomic E-state index is 12.5. The average molecular weight is 381 g/mol. The minimum absolute atomic E-state index is 0.0918. The Morgan fingerprint density at radius 2 is 2.00 bits per heavy atom. The molecule has 0 bridgehead atoms. The normalized spacial score (nSPS) is 15.0. The van der Waals surface area contributed by atoms with Crippen LogP contribution in [0.2, 0.25) is 0 Å². The summed E-state index contributed by atoms with van der Waals surface area (Å²) >= 11 is 0. The molecule has 0 radical (unpaired) electrons. The summed E-state index contributed by atoms with van der Waals surface area (Å²) in [6.45, 7) is 3.20. The molecule has 1 saturated heterocycles. The molecule has 3 aromatic rings. The van der Waals surface area contributed by atoms with Crippen molar-refractivity contribution in [1.82, 2.24) is 4.98 Å². The molecule has 1 fully saturated rings. The van der Waals surface area contributed by atoms with Gasteiger partial charge >= 0.3 is 5.97 Å². The summed E-state index contributed by atoms with van der Waals surface area (Å²) in [5, 5.41) is 11.5. The van der Waals surface area contributed by atoms with Gasteiger partial charge in [0.15, 0.2) is 11.7 Å². The number of nitrogens with zero attached hydrogens (tertiary/aromatic N) is 3. The third-order valence-corrected chi connectivity index (χ3v) is 4.80. The smallest absolute Gasteiger partial charge is 0.339 e. The lowest BCUT2D eigenvalue weighted by molar-refractivity contribution is -0.384. The molecule has 0 aliphatic carbocycles. The maximum Gasteiger partial charge on any atom is 0.339 e. The zero-order valence-corrected chi connectivity index (χ0v) is 15.3. The van der Waals surface area contributed by atoms with E-state index in [9.17, 15) is 14.9 Å². The quantitative estimate of drug-likeness (QED) is 0.370. The molecule has 2 aromatic carbocycles. The number of rotatable bonds is 5. The molecule has 1 atom stereocenters. The Bertz CT molecular complexity index is 1010. The molecule has 0 amide bonds. The molecule has 4 rings (SSSR count). The third kappa shape index (κ3) is 3.40. The minimum atomic E-state index is -0.725. The summed E-state index contributed by atoms with van der Waals surface area (Å²) in [4.78, 5) is 29.8. The highest BCUT2D eigenvalue weighted by atomic mass is 16.6. The summed E-state index contributed by atoms with van der Waals surface area (Å²) in [5.41, 5.74) is 1.84. The molecule has 8 nitrogen and oxygen atoms in total. The monoisotopic (exact) mass is 381 g/mol. The standard InChI is InChI=1S/C20H19N3O5/c1-13(19-21-15-6-2-3-7-18(15)28-19)27-20(24)14-8-9-16(17(12-14)23(25)26)22-10-4-5-11-22/h2-3,6-9,12-13H,4-5,10-11H2,1H3/t13-/m1/s1. The van der Waals surface area contributed by atoms with Crippen molar-refractivity contribution >= 4 is 28.4 Å². The number of anilines is 1. The number of hydrogen-bond donors (Lipinski definition) is 0. The van der Waals surface area contributed by atoms with Crippen LogP contribution in [0.25, 0.3) is 11.1 Å². The molecule has 1 aliphatic rings. The SMILES string of the molecule is C[C@@H](OC(=O)c1ccc(N2CCCC2)c([N+](=O)[O-])c1)c1nc2ccccc2o1. The Morgan fingerprint density at radius 3 is 2.71 bits per heavy atom. The highest BCUT2D eigenvalue weighted by Gasteiger charge is 2.25. The van der Waals surface area contributed by atoms with Crippen molar-refractivity contribution in [3.63, 3.8) is 0 Å². The first-order valence-electron chi connectivity index (χ1n) is 9.13. The fraction of sp³-hybridized carbons (Fsp3) is 0.300. The van der Waals surface area contributed by atoms with Gasteiger partial charge in [0.1, 0.15) is 11.2 Å². The summed E-state index contributed by atoms with van der Waals surface area (Å²) in [6, 6.07) is 11.7. The van der Waals surface area contributed by atoms with Gasteiger partial charge in [-0.2, -0.15) is 0 Å². The van der Waals surface area contributed by atoms with Crippen LogP contribution < -0.4 is 4.90 Å². The number of fused-ring (bicyclic) bond motifs is 1. The summed E-state index contributed by atoms with van der Waals surface area (Å²) < 4.78 is 11.0. The highest BCUT2D eigenvalue weighted by molar-refractivity contribution is 5.91. The zero-order valence-electron chi connectivity index (χ0n) is 15.3. The lowest BCUT2D eigenvalue weighted by atomic mass is 10.1. The Labute approximate surface area is 160 Å². The number of para-hydroxylation sites is 2. The Balaban J connectivity index is 1.55. The van der Waals surface area contributed by atoms with E-state index in [0.29, 0.717) is 16.8 Å². The number of carbonyl (C=O) groups excluding carboxylic acids is 1. The van der Waals surface area contributed by atoms with Crippen molar-refractivity contribution in [1.29, 1.82) is 0 Å². The average Bonchev–Trinajstić information content (AvgIpc) is 3.37. The van der Waals surface area contributed by atoms with E-state index >= 15 is 0 Å². The van der Waals surface area contributed by atoms with Crippen molar-refractivity contribution in [2.45, 2.75) is 25.9 Å². The molecule has 0 spiro atoms. The van der Waals surface area contributed by atoms with Gasteiger partial charge in [0, 0.05) is 19.2 Å². The van der Waals surface area contributed by atoms with E-state index in [4.69, 9.17) is 9.15 Å².